The van der Waals surface area contributed by atoms with Crippen LogP contribution in [0, 0.1) is 11.5 Å². The van der Waals surface area contributed by atoms with Gasteiger partial charge in [-0.25, -0.2) is 9.97 Å². The van der Waals surface area contributed by atoms with Crippen molar-refractivity contribution in [2.75, 3.05) is 45.6 Å². The van der Waals surface area contributed by atoms with Crippen LogP contribution < -0.4 is 16.4 Å². The monoisotopic (exact) mass is 436 g/mol. The second-order valence-electron chi connectivity index (χ2n) is 7.56. The number of carbonyl (C=O) groups is 1. The van der Waals surface area contributed by atoms with E-state index in [0.717, 1.165) is 18.4 Å². The van der Waals surface area contributed by atoms with E-state index in [9.17, 15) is 4.79 Å². The number of benzene rings is 1. The summed E-state index contributed by atoms with van der Waals surface area (Å²) in [7, 11) is 1.63. The Labute approximate surface area is 187 Å². The summed E-state index contributed by atoms with van der Waals surface area (Å²) in [4.78, 5) is 26.7. The third-order valence-electron chi connectivity index (χ3n) is 5.68. The molecule has 0 atom stereocenters. The van der Waals surface area contributed by atoms with Crippen LogP contribution in [0.2, 0.25) is 0 Å². The lowest BCUT2D eigenvalue weighted by Gasteiger charge is -2.43. The fourth-order valence-electron chi connectivity index (χ4n) is 3.90. The van der Waals surface area contributed by atoms with Crippen LogP contribution in [0.25, 0.3) is 0 Å². The van der Waals surface area contributed by atoms with E-state index in [1.54, 1.807) is 7.11 Å². The topological polar surface area (TPSA) is 142 Å². The van der Waals surface area contributed by atoms with Crippen molar-refractivity contribution in [1.82, 2.24) is 25.5 Å². The highest BCUT2D eigenvalue weighted by molar-refractivity contribution is 5.96. The number of likely N-dealkylation sites (tertiary alicyclic amines) is 1. The molecule has 1 aromatic carbocycles. The summed E-state index contributed by atoms with van der Waals surface area (Å²) in [6.07, 6.45) is 6.30. The molecule has 0 aliphatic carbocycles. The van der Waals surface area contributed by atoms with Gasteiger partial charge in [0.25, 0.3) is 5.91 Å². The second-order valence-corrected chi connectivity index (χ2v) is 7.56. The third kappa shape index (κ3) is 5.50. The lowest BCUT2D eigenvalue weighted by Crippen LogP contribution is -2.53. The average molecular weight is 437 g/mol. The van der Waals surface area contributed by atoms with Crippen LogP contribution in [0.4, 0.5) is 5.82 Å². The number of nitriles is 1. The SMILES string of the molecule is COCCN/C(=N\C#N)N1CCC(CNC(=O)c2nccnc2N)(c2ccccc2)CC1. The van der Waals surface area contributed by atoms with E-state index in [4.69, 9.17) is 15.7 Å². The number of hydrogen-bond donors (Lipinski definition) is 3. The minimum atomic E-state index is -0.346. The lowest BCUT2D eigenvalue weighted by atomic mass is 9.72. The van der Waals surface area contributed by atoms with Gasteiger partial charge < -0.3 is 26.0 Å². The molecule has 10 nitrogen and oxygen atoms in total. The normalized spacial score (nSPS) is 15.6. The highest BCUT2D eigenvalue weighted by Gasteiger charge is 2.37. The molecule has 1 aromatic heterocycles. The van der Waals surface area contributed by atoms with Gasteiger partial charge in [-0.1, -0.05) is 30.3 Å². The maximum Gasteiger partial charge on any atom is 0.273 e. The number of rotatable bonds is 7. The van der Waals surface area contributed by atoms with Gasteiger partial charge in [-0.2, -0.15) is 5.26 Å². The van der Waals surface area contributed by atoms with Gasteiger partial charge in [0.05, 0.1) is 6.61 Å². The van der Waals surface area contributed by atoms with Crippen molar-refractivity contribution in [3.63, 3.8) is 0 Å². The zero-order chi connectivity index (χ0) is 22.8. The van der Waals surface area contributed by atoms with Gasteiger partial charge in [-0.15, -0.1) is 4.99 Å². The van der Waals surface area contributed by atoms with E-state index in [-0.39, 0.29) is 22.8 Å². The molecule has 1 amide bonds. The second kappa shape index (κ2) is 11.1. The number of ether oxygens (including phenoxy) is 1. The minimum Gasteiger partial charge on any atom is -0.383 e. The highest BCUT2D eigenvalue weighted by Crippen LogP contribution is 2.35. The molecule has 3 rings (SSSR count). The van der Waals surface area contributed by atoms with Gasteiger partial charge in [-0.3, -0.25) is 4.79 Å². The number of piperidine rings is 1. The first-order valence-corrected chi connectivity index (χ1v) is 10.4. The molecule has 0 radical (unpaired) electrons. The van der Waals surface area contributed by atoms with Crippen LogP contribution in [0.1, 0.15) is 28.9 Å². The first kappa shape index (κ1) is 23.0. The molecule has 10 heteroatoms. The molecule has 1 aliphatic rings. The van der Waals surface area contributed by atoms with Gasteiger partial charge >= 0.3 is 0 Å². The van der Waals surface area contributed by atoms with Crippen LogP contribution in [0.3, 0.4) is 0 Å². The number of nitrogens with one attached hydrogen (secondary N) is 2. The average Bonchev–Trinajstić information content (AvgIpc) is 2.83. The zero-order valence-electron chi connectivity index (χ0n) is 18.1. The molecule has 0 bridgehead atoms. The van der Waals surface area contributed by atoms with Crippen LogP contribution in [-0.4, -0.2) is 66.6 Å². The van der Waals surface area contributed by atoms with E-state index in [1.807, 2.05) is 24.4 Å². The Hall–Kier alpha value is -3.71. The molecule has 0 spiro atoms. The first-order chi connectivity index (χ1) is 15.6. The third-order valence-corrected chi connectivity index (χ3v) is 5.68. The number of nitrogens with zero attached hydrogens (tertiary/aromatic N) is 5. The Kier molecular flexibility index (Phi) is 7.94. The van der Waals surface area contributed by atoms with E-state index >= 15 is 0 Å². The Morgan fingerprint density at radius 3 is 2.62 bits per heavy atom. The fourth-order valence-corrected chi connectivity index (χ4v) is 3.90. The number of aliphatic imine (C=N–C) groups is 1. The summed E-state index contributed by atoms with van der Waals surface area (Å²) in [5.74, 6) is 0.303. The van der Waals surface area contributed by atoms with Crippen LogP contribution in [0.5, 0.6) is 0 Å². The highest BCUT2D eigenvalue weighted by atomic mass is 16.5. The van der Waals surface area contributed by atoms with Crippen molar-refractivity contribution in [3.05, 3.63) is 54.0 Å². The number of hydrogen-bond acceptors (Lipinski definition) is 7. The van der Waals surface area contributed by atoms with E-state index in [2.05, 4.69) is 42.6 Å². The molecule has 0 unspecified atom stereocenters. The molecule has 32 heavy (non-hydrogen) atoms. The Morgan fingerprint density at radius 1 is 1.25 bits per heavy atom. The van der Waals surface area contributed by atoms with Crippen molar-refractivity contribution in [2.45, 2.75) is 18.3 Å². The minimum absolute atomic E-state index is 0.105. The van der Waals surface area contributed by atoms with Gasteiger partial charge in [0, 0.05) is 51.1 Å². The van der Waals surface area contributed by atoms with Crippen molar-refractivity contribution < 1.29 is 9.53 Å². The van der Waals surface area contributed by atoms with Gasteiger partial charge in [0.15, 0.2) is 11.5 Å². The van der Waals surface area contributed by atoms with Gasteiger partial charge in [0.1, 0.15) is 0 Å². The summed E-state index contributed by atoms with van der Waals surface area (Å²) in [6.45, 7) is 2.87. The van der Waals surface area contributed by atoms with Crippen LogP contribution in [-0.2, 0) is 10.2 Å². The summed E-state index contributed by atoms with van der Waals surface area (Å²) in [5.41, 5.74) is 6.81. The van der Waals surface area contributed by atoms with Gasteiger partial charge in [-0.05, 0) is 18.4 Å². The molecular formula is C22H28N8O2. The first-order valence-electron chi connectivity index (χ1n) is 10.4. The molecule has 1 saturated heterocycles. The predicted octanol–water partition coefficient (Wildman–Crippen LogP) is 0.895. The molecule has 2 aromatic rings. The van der Waals surface area contributed by atoms with Crippen LogP contribution >= 0.6 is 0 Å². The van der Waals surface area contributed by atoms with Gasteiger partial charge in [0.2, 0.25) is 12.2 Å². The van der Waals surface area contributed by atoms with Crippen molar-refractivity contribution in [2.24, 2.45) is 4.99 Å². The number of methoxy groups -OCH3 is 1. The molecular weight excluding hydrogens is 408 g/mol. The van der Waals surface area contributed by atoms with E-state index < -0.39 is 0 Å². The van der Waals surface area contributed by atoms with E-state index in [1.165, 1.54) is 12.4 Å². The maximum atomic E-state index is 12.7. The number of nitrogens with two attached hydrogens (primary N) is 1. The molecule has 2 heterocycles. The standard InChI is InChI=1S/C22H28N8O2/c1-32-14-11-27-21(29-16-23)30-12-7-22(8-13-30,17-5-3-2-4-6-17)15-28-20(31)18-19(24)26-10-9-25-18/h2-6,9-10H,7-8,11-15H2,1H3,(H2,24,26)(H,27,29)(H,28,31). The summed E-state index contributed by atoms with van der Waals surface area (Å²) in [6, 6.07) is 10.1. The Morgan fingerprint density at radius 2 is 1.97 bits per heavy atom. The smallest absolute Gasteiger partial charge is 0.273 e. The van der Waals surface area contributed by atoms with Crippen molar-refractivity contribution in [3.8, 4) is 6.19 Å². The number of nitrogen functional groups attached to an aromatic ring is 1. The molecule has 0 saturated carbocycles. The van der Waals surface area contributed by atoms with Crippen molar-refractivity contribution >= 4 is 17.7 Å². The van der Waals surface area contributed by atoms with Crippen LogP contribution in [0.15, 0.2) is 47.7 Å². The Bertz CT molecular complexity index is 965. The number of amides is 1. The Balaban J connectivity index is 1.74. The summed E-state index contributed by atoms with van der Waals surface area (Å²) >= 11 is 0. The maximum absolute atomic E-state index is 12.7. The largest absolute Gasteiger partial charge is 0.383 e. The summed E-state index contributed by atoms with van der Waals surface area (Å²) in [5, 5.41) is 15.2. The predicted molar refractivity (Wildman–Crippen MR) is 121 cm³/mol. The fraction of sp³-hybridized carbons (Fsp3) is 0.409. The number of guanidine groups is 1. The number of carbonyl (C=O) groups excluding carboxylic acids is 1. The lowest BCUT2D eigenvalue weighted by molar-refractivity contribution is 0.0927. The molecule has 168 valence electrons. The number of aromatic nitrogens is 2. The quantitative estimate of drug-likeness (QED) is 0.251. The van der Waals surface area contributed by atoms with E-state index in [0.29, 0.717) is 38.7 Å². The van der Waals surface area contributed by atoms with Crippen molar-refractivity contribution in [1.29, 1.82) is 5.26 Å². The molecule has 1 aliphatic heterocycles. The molecule has 1 fully saturated rings. The zero-order valence-corrected chi connectivity index (χ0v) is 18.1. The summed E-state index contributed by atoms with van der Waals surface area (Å²) < 4.78 is 5.07. The number of anilines is 1. The molecule has 4 N–H and O–H groups in total.